The van der Waals surface area contributed by atoms with Crippen LogP contribution in [0.3, 0.4) is 0 Å². The topological polar surface area (TPSA) is 6.48 Å². The maximum Gasteiger partial charge on any atom is 0.0480 e. The summed E-state index contributed by atoms with van der Waals surface area (Å²) in [6, 6.07) is 54.4. The molecule has 2 aliphatic heterocycles. The van der Waals surface area contributed by atoms with Gasteiger partial charge in [0.05, 0.1) is 0 Å². The number of nitrogens with zero attached hydrogens (tertiary/aromatic N) is 2. The number of rotatable bonds is 9. The van der Waals surface area contributed by atoms with Gasteiger partial charge in [-0.2, -0.15) is 0 Å². The van der Waals surface area contributed by atoms with E-state index in [1.807, 2.05) is 0 Å². The third-order valence-corrected chi connectivity index (χ3v) is 13.2. The molecule has 286 valence electrons. The molecule has 0 saturated carbocycles. The molecule has 0 spiro atoms. The van der Waals surface area contributed by atoms with Crippen LogP contribution in [0.5, 0.6) is 0 Å². The Morgan fingerprint density at radius 1 is 0.429 bits per heavy atom. The van der Waals surface area contributed by atoms with Crippen molar-refractivity contribution in [2.45, 2.75) is 103 Å². The van der Waals surface area contributed by atoms with Crippen molar-refractivity contribution in [2.24, 2.45) is 0 Å². The van der Waals surface area contributed by atoms with Crippen molar-refractivity contribution < 1.29 is 0 Å². The van der Waals surface area contributed by atoms with Crippen LogP contribution >= 0.6 is 0 Å². The number of hydrogen-bond acceptors (Lipinski definition) is 2. The minimum absolute atomic E-state index is 0.00987. The molecule has 56 heavy (non-hydrogen) atoms. The van der Waals surface area contributed by atoms with E-state index in [0.717, 1.165) is 38.8 Å². The van der Waals surface area contributed by atoms with Crippen LogP contribution in [0.1, 0.15) is 87.8 Å². The summed E-state index contributed by atoms with van der Waals surface area (Å²) < 4.78 is 0. The maximum atomic E-state index is 2.72. The van der Waals surface area contributed by atoms with Gasteiger partial charge in [0.15, 0.2) is 0 Å². The van der Waals surface area contributed by atoms with E-state index in [1.165, 1.54) is 67.0 Å². The lowest BCUT2D eigenvalue weighted by Gasteiger charge is -2.37. The number of benzene rings is 6. The molecule has 2 heterocycles. The Balaban J connectivity index is 1.14. The summed E-state index contributed by atoms with van der Waals surface area (Å²) in [6.45, 7) is 21.3. The quantitative estimate of drug-likeness (QED) is 0.146. The van der Waals surface area contributed by atoms with Gasteiger partial charge in [0.1, 0.15) is 0 Å². The first-order valence-corrected chi connectivity index (χ1v) is 20.8. The van der Waals surface area contributed by atoms with Crippen molar-refractivity contribution in [3.05, 3.63) is 179 Å². The summed E-state index contributed by atoms with van der Waals surface area (Å²) >= 11 is 0. The Labute approximate surface area is 337 Å². The highest BCUT2D eigenvalue weighted by Crippen LogP contribution is 2.51. The van der Waals surface area contributed by atoms with E-state index in [-0.39, 0.29) is 21.9 Å². The van der Waals surface area contributed by atoms with Crippen molar-refractivity contribution in [1.82, 2.24) is 0 Å². The monoisotopic (exact) mass is 736 g/mol. The molecule has 2 aliphatic rings. The van der Waals surface area contributed by atoms with Gasteiger partial charge in [-0.1, -0.05) is 147 Å². The van der Waals surface area contributed by atoms with E-state index in [9.17, 15) is 0 Å². The molecule has 0 aromatic heterocycles. The van der Waals surface area contributed by atoms with Gasteiger partial charge in [0.25, 0.3) is 0 Å². The van der Waals surface area contributed by atoms with Crippen LogP contribution in [0.15, 0.2) is 146 Å². The molecule has 0 radical (unpaired) electrons. The highest BCUT2D eigenvalue weighted by atomic mass is 15.2. The summed E-state index contributed by atoms with van der Waals surface area (Å²) in [5.74, 6) is 0. The summed E-state index contributed by atoms with van der Waals surface area (Å²) in [4.78, 5) is 5.44. The summed E-state index contributed by atoms with van der Waals surface area (Å²) in [7, 11) is 0. The van der Waals surface area contributed by atoms with Crippen molar-refractivity contribution in [2.75, 3.05) is 22.9 Å². The highest BCUT2D eigenvalue weighted by molar-refractivity contribution is 5.84. The second kappa shape index (κ2) is 14.5. The van der Waals surface area contributed by atoms with Crippen molar-refractivity contribution in [1.29, 1.82) is 0 Å². The van der Waals surface area contributed by atoms with Gasteiger partial charge in [0.2, 0.25) is 0 Å². The predicted octanol–water partition coefficient (Wildman–Crippen LogP) is 13.3. The van der Waals surface area contributed by atoms with Gasteiger partial charge in [0, 0.05) is 57.5 Å². The molecule has 0 aliphatic carbocycles. The van der Waals surface area contributed by atoms with Crippen LogP contribution in [0.25, 0.3) is 22.3 Å². The van der Waals surface area contributed by atoms with E-state index in [4.69, 9.17) is 0 Å². The zero-order valence-corrected chi connectivity index (χ0v) is 35.0. The molecule has 0 amide bonds. The average molecular weight is 737 g/mol. The Morgan fingerprint density at radius 3 is 1.09 bits per heavy atom. The zero-order valence-electron chi connectivity index (χ0n) is 35.0. The Morgan fingerprint density at radius 2 is 0.750 bits per heavy atom. The third kappa shape index (κ3) is 7.08. The minimum atomic E-state index is 0.00987. The molecule has 0 bridgehead atoms. The molecule has 2 nitrogen and oxygen atoms in total. The fourth-order valence-corrected chi connectivity index (χ4v) is 10.8. The fraction of sp³-hybridized carbons (Fsp3) is 0.333. The Bertz CT molecular complexity index is 2140. The van der Waals surface area contributed by atoms with Crippen molar-refractivity contribution in [3.8, 4) is 22.3 Å². The molecule has 2 heteroatoms. The van der Waals surface area contributed by atoms with Crippen LogP contribution < -0.4 is 9.80 Å². The standard InChI is InChI=1S/C54H60N2/c1-39-31-41(33-47(43-21-13-9-14-22-43)49(39)55-37-53(7,35-51(55,3)4)45-25-17-11-18-26-45)29-30-42-32-40(2)50(48(34-42)44-23-15-10-16-24-44)56-38-54(8,36-52(56,5)6)46-27-19-12-20-28-46/h9-28,31-34H,29-30,35-38H2,1-8H3/t53-,54+. The number of anilines is 2. The highest BCUT2D eigenvalue weighted by Gasteiger charge is 2.48. The Hall–Kier alpha value is -5.08. The van der Waals surface area contributed by atoms with Gasteiger partial charge in [-0.15, -0.1) is 0 Å². The molecule has 2 saturated heterocycles. The second-order valence-electron chi connectivity index (χ2n) is 18.9. The first kappa shape index (κ1) is 37.8. The first-order valence-electron chi connectivity index (χ1n) is 20.8. The second-order valence-corrected chi connectivity index (χ2v) is 18.9. The predicted molar refractivity (Wildman–Crippen MR) is 240 cm³/mol. The minimum Gasteiger partial charge on any atom is -0.365 e. The molecule has 0 N–H and O–H groups in total. The van der Waals surface area contributed by atoms with Crippen molar-refractivity contribution >= 4 is 11.4 Å². The molecule has 2 atom stereocenters. The number of hydrogen-bond donors (Lipinski definition) is 0. The van der Waals surface area contributed by atoms with Crippen LogP contribution in [0.2, 0.25) is 0 Å². The molecule has 6 aromatic rings. The molecule has 0 unspecified atom stereocenters. The lowest BCUT2D eigenvalue weighted by Crippen LogP contribution is -2.39. The summed E-state index contributed by atoms with van der Waals surface area (Å²) in [5.41, 5.74) is 16.6. The van der Waals surface area contributed by atoms with Crippen molar-refractivity contribution in [3.63, 3.8) is 0 Å². The molecule has 8 rings (SSSR count). The normalized spacial score (nSPS) is 21.4. The zero-order chi connectivity index (χ0) is 39.3. The molecular formula is C54H60N2. The third-order valence-electron chi connectivity index (χ3n) is 13.2. The maximum absolute atomic E-state index is 2.72. The molecule has 6 aromatic carbocycles. The van der Waals surface area contributed by atoms with Gasteiger partial charge in [-0.3, -0.25) is 0 Å². The van der Waals surface area contributed by atoms with Crippen LogP contribution in [0.4, 0.5) is 11.4 Å². The van der Waals surface area contributed by atoms with E-state index in [2.05, 4.69) is 211 Å². The largest absolute Gasteiger partial charge is 0.365 e. The van der Waals surface area contributed by atoms with Gasteiger partial charge >= 0.3 is 0 Å². The van der Waals surface area contributed by atoms with E-state index < -0.39 is 0 Å². The number of aryl methyl sites for hydroxylation is 4. The van der Waals surface area contributed by atoms with Gasteiger partial charge in [-0.05, 0) is 124 Å². The lowest BCUT2D eigenvalue weighted by molar-refractivity contribution is 0.444. The SMILES string of the molecule is Cc1cc(CCc2cc(C)c(N3C[C@@](C)(c4ccccc4)CC3(C)C)c(-c3ccccc3)c2)cc(-c2ccccc2)c1N1C[C@](C)(c2ccccc2)CC1(C)C. The van der Waals surface area contributed by atoms with Crippen LogP contribution in [-0.4, -0.2) is 24.2 Å². The van der Waals surface area contributed by atoms with Gasteiger partial charge in [-0.25, -0.2) is 0 Å². The molecule has 2 fully saturated rings. The summed E-state index contributed by atoms with van der Waals surface area (Å²) in [5, 5.41) is 0. The smallest absolute Gasteiger partial charge is 0.0480 e. The molecular weight excluding hydrogens is 677 g/mol. The first-order chi connectivity index (χ1) is 26.8. The summed E-state index contributed by atoms with van der Waals surface area (Å²) in [6.07, 6.45) is 4.19. The van der Waals surface area contributed by atoms with E-state index in [1.54, 1.807) is 0 Å². The van der Waals surface area contributed by atoms with Gasteiger partial charge < -0.3 is 9.80 Å². The van der Waals surface area contributed by atoms with E-state index in [0.29, 0.717) is 0 Å². The fourth-order valence-electron chi connectivity index (χ4n) is 10.8. The Kier molecular flexibility index (Phi) is 9.76. The average Bonchev–Trinajstić information content (AvgIpc) is 3.60. The lowest BCUT2D eigenvalue weighted by atomic mass is 9.78. The van der Waals surface area contributed by atoms with Crippen LogP contribution in [0, 0.1) is 13.8 Å². The van der Waals surface area contributed by atoms with Crippen LogP contribution in [-0.2, 0) is 23.7 Å². The van der Waals surface area contributed by atoms with E-state index >= 15 is 0 Å².